The van der Waals surface area contributed by atoms with Crippen LogP contribution < -0.4 is 0 Å². The first kappa shape index (κ1) is 24.8. The van der Waals surface area contributed by atoms with E-state index in [4.69, 9.17) is 0 Å². The first-order chi connectivity index (χ1) is 15.6. The summed E-state index contributed by atoms with van der Waals surface area (Å²) >= 11 is 0. The Balaban J connectivity index is 1.61. The Hall–Kier alpha value is -0.870. The van der Waals surface area contributed by atoms with Gasteiger partial charge in [-0.3, -0.25) is 4.79 Å². The lowest BCUT2D eigenvalue weighted by Crippen LogP contribution is -2.66. The molecular formula is C30H48O4. The molecule has 0 radical (unpaired) electrons. The Morgan fingerprint density at radius 2 is 1.53 bits per heavy atom. The van der Waals surface area contributed by atoms with Gasteiger partial charge in [-0.2, -0.15) is 0 Å². The van der Waals surface area contributed by atoms with Gasteiger partial charge in [-0.15, -0.1) is 0 Å². The molecule has 4 fully saturated rings. The number of aliphatic hydroxyl groups excluding tert-OH is 2. The topological polar surface area (TPSA) is 77.8 Å². The average Bonchev–Trinajstić information content (AvgIpc) is 2.70. The van der Waals surface area contributed by atoms with E-state index in [-0.39, 0.29) is 39.1 Å². The summed E-state index contributed by atoms with van der Waals surface area (Å²) in [6, 6.07) is 0. The molecule has 0 heterocycles. The summed E-state index contributed by atoms with van der Waals surface area (Å²) in [5.41, 5.74) is 0.437. The van der Waals surface area contributed by atoms with Crippen molar-refractivity contribution >= 4 is 5.97 Å². The minimum Gasteiger partial charge on any atom is -0.481 e. The third-order valence-corrected chi connectivity index (χ3v) is 13.0. The maximum absolute atomic E-state index is 12.8. The molecule has 5 rings (SSSR count). The van der Waals surface area contributed by atoms with Gasteiger partial charge in [0.2, 0.25) is 0 Å². The van der Waals surface area contributed by atoms with E-state index in [0.29, 0.717) is 24.7 Å². The number of allylic oxidation sites excluding steroid dienone is 2. The summed E-state index contributed by atoms with van der Waals surface area (Å²) in [6.45, 7) is 16.4. The Bertz CT molecular complexity index is 919. The number of fused-ring (bicyclic) bond motifs is 7. The number of carbonyl (C=O) groups is 1. The van der Waals surface area contributed by atoms with Gasteiger partial charge in [0.1, 0.15) is 5.41 Å². The van der Waals surface area contributed by atoms with Crippen LogP contribution in [0.4, 0.5) is 0 Å². The van der Waals surface area contributed by atoms with Crippen LogP contribution in [0.15, 0.2) is 11.6 Å². The summed E-state index contributed by atoms with van der Waals surface area (Å²) in [7, 11) is 0. The smallest absolute Gasteiger partial charge is 0.312 e. The highest BCUT2D eigenvalue weighted by Gasteiger charge is 2.70. The maximum atomic E-state index is 12.8. The van der Waals surface area contributed by atoms with Crippen LogP contribution in [-0.4, -0.2) is 33.5 Å². The summed E-state index contributed by atoms with van der Waals surface area (Å²) in [5.74, 6) is 0.167. The van der Waals surface area contributed by atoms with Crippen LogP contribution in [0, 0.1) is 50.2 Å². The van der Waals surface area contributed by atoms with Crippen LogP contribution in [0.1, 0.15) is 106 Å². The first-order valence-electron chi connectivity index (χ1n) is 13.9. The van der Waals surface area contributed by atoms with Crippen molar-refractivity contribution in [2.24, 2.45) is 50.2 Å². The Morgan fingerprint density at radius 3 is 2.18 bits per heavy atom. The molecule has 192 valence electrons. The molecule has 4 saturated carbocycles. The van der Waals surface area contributed by atoms with Gasteiger partial charge in [-0.05, 0) is 103 Å². The maximum Gasteiger partial charge on any atom is 0.312 e. The van der Waals surface area contributed by atoms with Crippen molar-refractivity contribution in [1.29, 1.82) is 0 Å². The van der Waals surface area contributed by atoms with Crippen molar-refractivity contribution in [2.45, 2.75) is 118 Å². The lowest BCUT2D eigenvalue weighted by molar-refractivity contribution is -0.212. The standard InChI is InChI=1S/C30H48O4/c1-25(2)16-19-18-8-9-21-27(5)12-11-22(31)26(3,4)20(27)10-13-29(21,7)28(18,6)14-15-30(19,24(33)34)23(32)17-25/h8,19-23,31-32H,9-17H2,1-7H3,(H,33,34)/t19?,20?,21?,22?,23?,27-,28+,29+,30-/m0/s1. The van der Waals surface area contributed by atoms with E-state index in [1.165, 1.54) is 5.57 Å². The fourth-order valence-corrected chi connectivity index (χ4v) is 10.8. The number of hydrogen-bond acceptors (Lipinski definition) is 3. The van der Waals surface area contributed by atoms with Gasteiger partial charge in [-0.1, -0.05) is 60.1 Å². The predicted molar refractivity (Wildman–Crippen MR) is 134 cm³/mol. The molecule has 5 aliphatic rings. The van der Waals surface area contributed by atoms with E-state index >= 15 is 0 Å². The van der Waals surface area contributed by atoms with Crippen LogP contribution in [0.5, 0.6) is 0 Å². The minimum atomic E-state index is -1.04. The van der Waals surface area contributed by atoms with Crippen molar-refractivity contribution in [3.8, 4) is 0 Å². The molecule has 0 aliphatic heterocycles. The fraction of sp³-hybridized carbons (Fsp3) is 0.900. The van der Waals surface area contributed by atoms with E-state index in [1.54, 1.807) is 0 Å². The summed E-state index contributed by atoms with van der Waals surface area (Å²) in [4.78, 5) is 12.8. The van der Waals surface area contributed by atoms with Crippen LogP contribution in [0.3, 0.4) is 0 Å². The lowest BCUT2D eigenvalue weighted by atomic mass is 9.33. The molecule has 9 atom stereocenters. The highest BCUT2D eigenvalue weighted by molar-refractivity contribution is 5.77. The molecule has 0 bridgehead atoms. The van der Waals surface area contributed by atoms with Crippen LogP contribution >= 0.6 is 0 Å². The second-order valence-electron chi connectivity index (χ2n) is 15.2. The zero-order valence-electron chi connectivity index (χ0n) is 22.6. The molecule has 4 nitrogen and oxygen atoms in total. The largest absolute Gasteiger partial charge is 0.481 e. The number of aliphatic hydroxyl groups is 2. The second-order valence-corrected chi connectivity index (χ2v) is 15.2. The average molecular weight is 473 g/mol. The normalized spacial score (nSPS) is 53.4. The molecular weight excluding hydrogens is 424 g/mol. The van der Waals surface area contributed by atoms with Gasteiger partial charge in [0, 0.05) is 0 Å². The summed E-state index contributed by atoms with van der Waals surface area (Å²) in [5, 5.41) is 32.7. The predicted octanol–water partition coefficient (Wildman–Crippen LogP) is 6.20. The molecule has 0 amide bonds. The molecule has 0 aromatic rings. The van der Waals surface area contributed by atoms with Crippen molar-refractivity contribution in [2.75, 3.05) is 0 Å². The Morgan fingerprint density at radius 1 is 0.853 bits per heavy atom. The molecule has 5 unspecified atom stereocenters. The number of rotatable bonds is 1. The van der Waals surface area contributed by atoms with Gasteiger partial charge >= 0.3 is 5.97 Å². The minimum absolute atomic E-state index is 0.0408. The Labute approximate surface area is 206 Å². The van der Waals surface area contributed by atoms with E-state index in [9.17, 15) is 20.1 Å². The monoisotopic (exact) mass is 472 g/mol. The van der Waals surface area contributed by atoms with Crippen molar-refractivity contribution in [3.05, 3.63) is 11.6 Å². The number of carboxylic acid groups (broad SMARTS) is 1. The van der Waals surface area contributed by atoms with Gasteiger partial charge in [0.05, 0.1) is 12.2 Å². The first-order valence-corrected chi connectivity index (χ1v) is 13.9. The third-order valence-electron chi connectivity index (χ3n) is 13.0. The van der Waals surface area contributed by atoms with Crippen LogP contribution in [-0.2, 0) is 4.79 Å². The Kier molecular flexibility index (Phi) is 5.20. The quantitative estimate of drug-likeness (QED) is 0.397. The number of hydrogen-bond donors (Lipinski definition) is 3. The summed E-state index contributed by atoms with van der Waals surface area (Å²) in [6.07, 6.45) is 9.51. The van der Waals surface area contributed by atoms with Crippen LogP contribution in [0.2, 0.25) is 0 Å². The van der Waals surface area contributed by atoms with E-state index in [1.807, 2.05) is 0 Å². The zero-order chi connectivity index (χ0) is 25.1. The highest BCUT2D eigenvalue weighted by Crippen LogP contribution is 2.75. The second kappa shape index (κ2) is 7.12. The molecule has 0 spiro atoms. The molecule has 0 aromatic carbocycles. The summed E-state index contributed by atoms with van der Waals surface area (Å²) < 4.78 is 0. The van der Waals surface area contributed by atoms with Crippen molar-refractivity contribution in [3.63, 3.8) is 0 Å². The van der Waals surface area contributed by atoms with Gasteiger partial charge in [0.15, 0.2) is 0 Å². The molecule has 0 saturated heterocycles. The SMILES string of the molecule is CC1(C)CC(O)[C@]2(C(=O)O)CC[C@]3(C)C(=CCC4[C@@]5(C)CCC(O)C(C)(C)C5CC[C@]43C)C2C1. The fourth-order valence-electron chi connectivity index (χ4n) is 10.8. The van der Waals surface area contributed by atoms with E-state index < -0.39 is 17.5 Å². The van der Waals surface area contributed by atoms with E-state index in [0.717, 1.165) is 44.9 Å². The molecule has 34 heavy (non-hydrogen) atoms. The zero-order valence-corrected chi connectivity index (χ0v) is 22.6. The van der Waals surface area contributed by atoms with Gasteiger partial charge < -0.3 is 15.3 Å². The van der Waals surface area contributed by atoms with Crippen molar-refractivity contribution in [1.82, 2.24) is 0 Å². The third kappa shape index (κ3) is 2.82. The lowest BCUT2D eigenvalue weighted by Gasteiger charge is -2.71. The van der Waals surface area contributed by atoms with E-state index in [2.05, 4.69) is 54.5 Å². The van der Waals surface area contributed by atoms with Crippen LogP contribution in [0.25, 0.3) is 0 Å². The van der Waals surface area contributed by atoms with Gasteiger partial charge in [0.25, 0.3) is 0 Å². The number of aliphatic carboxylic acids is 1. The van der Waals surface area contributed by atoms with Crippen molar-refractivity contribution < 1.29 is 20.1 Å². The molecule has 3 N–H and O–H groups in total. The number of carboxylic acids is 1. The molecule has 0 aromatic heterocycles. The highest BCUT2D eigenvalue weighted by atomic mass is 16.4. The molecule has 4 heteroatoms. The van der Waals surface area contributed by atoms with Gasteiger partial charge in [-0.25, -0.2) is 0 Å². The molecule has 5 aliphatic carbocycles.